The van der Waals surface area contributed by atoms with E-state index >= 15 is 0 Å². The summed E-state index contributed by atoms with van der Waals surface area (Å²) in [7, 11) is 5.53. The number of rotatable bonds is 49. The number of esters is 2. The lowest BCUT2D eigenvalue weighted by Gasteiger charge is -2.31. The van der Waals surface area contributed by atoms with Crippen molar-refractivity contribution < 1.29 is 38.2 Å². The van der Waals surface area contributed by atoms with Crippen LogP contribution in [0.25, 0.3) is 0 Å². The number of hydrogen-bond acceptors (Lipinski definition) is 6. The van der Waals surface area contributed by atoms with Crippen molar-refractivity contribution in [3.05, 3.63) is 72.9 Å². The molecule has 1 N–H and O–H groups in total. The Kier molecular flexibility index (Phi) is 46.8. The van der Waals surface area contributed by atoms with Crippen LogP contribution in [-0.2, 0) is 28.6 Å². The van der Waals surface area contributed by atoms with Gasteiger partial charge in [-0.15, -0.1) is 0 Å². The van der Waals surface area contributed by atoms with Gasteiger partial charge in [0.1, 0.15) is 6.61 Å². The number of ether oxygens (including phenoxy) is 3. The van der Waals surface area contributed by atoms with Gasteiger partial charge in [-0.05, 0) is 64.2 Å². The maximum atomic E-state index is 12.8. The van der Waals surface area contributed by atoms with Crippen LogP contribution < -0.4 is 0 Å². The molecule has 2 unspecified atom stereocenters. The summed E-state index contributed by atoms with van der Waals surface area (Å²) in [5, 5.41) is 9.67. The zero-order valence-corrected chi connectivity index (χ0v) is 44.1. The summed E-state index contributed by atoms with van der Waals surface area (Å²) in [5.74, 6) is -1.49. The number of carbonyl (C=O) groups excluding carboxylic acids is 2. The molecule has 0 aliphatic carbocycles. The molecule has 386 valence electrons. The van der Waals surface area contributed by atoms with Gasteiger partial charge in [0.2, 0.25) is 0 Å². The van der Waals surface area contributed by atoms with Gasteiger partial charge in [-0.2, -0.15) is 0 Å². The molecular weight excluding hydrogens is 835 g/mol. The SMILES string of the molecule is CC/C=C/C/C=C/C/C=C/C/C=C/C/C=C/C/C=C/CCCCCCC(=O)OC(COCCC(C(=O)O)[N+](C)(C)C)COC(=O)CCCCCCCCCCCCCCCCCCCCCC. The number of carboxylic acids is 1. The number of quaternary nitrogens is 1. The molecule has 8 nitrogen and oxygen atoms in total. The highest BCUT2D eigenvalue weighted by Crippen LogP contribution is 2.16. The number of nitrogens with zero attached hydrogens (tertiary/aromatic N) is 1. The third-order valence-electron chi connectivity index (χ3n) is 12.1. The Bertz CT molecular complexity index is 1320. The predicted octanol–water partition coefficient (Wildman–Crippen LogP) is 16.3. The largest absolute Gasteiger partial charge is 0.477 e. The van der Waals surface area contributed by atoms with E-state index < -0.39 is 18.1 Å². The third kappa shape index (κ3) is 47.6. The molecule has 0 aliphatic rings. The minimum Gasteiger partial charge on any atom is -0.477 e. The van der Waals surface area contributed by atoms with Crippen LogP contribution in [0.2, 0.25) is 0 Å². The number of aliphatic carboxylic acids is 1. The van der Waals surface area contributed by atoms with Gasteiger partial charge in [0.05, 0.1) is 34.4 Å². The molecule has 67 heavy (non-hydrogen) atoms. The highest BCUT2D eigenvalue weighted by molar-refractivity contribution is 5.72. The van der Waals surface area contributed by atoms with Gasteiger partial charge in [-0.25, -0.2) is 4.79 Å². The van der Waals surface area contributed by atoms with Gasteiger partial charge in [-0.3, -0.25) is 9.59 Å². The van der Waals surface area contributed by atoms with Gasteiger partial charge in [0.15, 0.2) is 12.1 Å². The van der Waals surface area contributed by atoms with Crippen molar-refractivity contribution in [3.63, 3.8) is 0 Å². The summed E-state index contributed by atoms with van der Waals surface area (Å²) < 4.78 is 17.4. The van der Waals surface area contributed by atoms with Crippen molar-refractivity contribution in [2.45, 2.75) is 244 Å². The smallest absolute Gasteiger partial charge is 0.362 e. The molecule has 0 radical (unpaired) electrons. The summed E-state index contributed by atoms with van der Waals surface area (Å²) in [6, 6.07) is -0.623. The number of allylic oxidation sites excluding steroid dienone is 12. The average Bonchev–Trinajstić information content (AvgIpc) is 3.29. The molecule has 0 aliphatic heterocycles. The van der Waals surface area contributed by atoms with Crippen molar-refractivity contribution in [1.29, 1.82) is 0 Å². The van der Waals surface area contributed by atoms with Crippen molar-refractivity contribution in [3.8, 4) is 0 Å². The Hall–Kier alpha value is -3.23. The average molecular weight is 939 g/mol. The van der Waals surface area contributed by atoms with E-state index in [2.05, 4.69) is 86.8 Å². The van der Waals surface area contributed by atoms with Crippen LogP contribution in [0.4, 0.5) is 0 Å². The fourth-order valence-electron chi connectivity index (χ4n) is 7.92. The van der Waals surface area contributed by atoms with E-state index in [0.717, 1.165) is 89.9 Å². The molecule has 8 heteroatoms. The molecule has 0 aromatic rings. The lowest BCUT2D eigenvalue weighted by Crippen LogP contribution is -2.50. The van der Waals surface area contributed by atoms with E-state index in [-0.39, 0.29) is 36.2 Å². The number of carboxylic acid groups (broad SMARTS) is 1. The van der Waals surface area contributed by atoms with Gasteiger partial charge >= 0.3 is 17.9 Å². The van der Waals surface area contributed by atoms with E-state index in [0.29, 0.717) is 19.3 Å². The molecule has 0 heterocycles. The van der Waals surface area contributed by atoms with Crippen molar-refractivity contribution >= 4 is 17.9 Å². The van der Waals surface area contributed by atoms with E-state index in [9.17, 15) is 19.5 Å². The second kappa shape index (κ2) is 49.2. The molecule has 0 bridgehead atoms. The molecule has 0 amide bonds. The molecule has 0 spiro atoms. The van der Waals surface area contributed by atoms with E-state index in [1.54, 1.807) is 0 Å². The zero-order valence-electron chi connectivity index (χ0n) is 44.1. The van der Waals surface area contributed by atoms with Crippen LogP contribution in [0.1, 0.15) is 232 Å². The lowest BCUT2D eigenvalue weighted by atomic mass is 10.0. The topological polar surface area (TPSA) is 99.1 Å². The van der Waals surface area contributed by atoms with Crippen LogP contribution in [0.5, 0.6) is 0 Å². The van der Waals surface area contributed by atoms with E-state index in [1.807, 2.05) is 21.1 Å². The molecule has 0 saturated heterocycles. The standard InChI is InChI=1S/C59H103NO7/c1-6-8-10-12-14-16-18-20-22-24-26-28-29-30-32-34-36-38-40-42-44-46-48-50-58(62)67-55(53-65-52-51-56(59(63)64)60(3,4)5)54-66-57(61)49-47-45-43-41-39-37-35-33-31-27-25-23-21-19-17-15-13-11-9-7-2/h8,10,14,16,20,22,26,28,30,32,36,38,55-56H,6-7,9,11-13,15,17-19,21,23-25,27,29,31,33-35,37,39-54H2,1-5H3/p+1/b10-8+,16-14+,22-20+,28-26+,32-30+,38-36+. The van der Waals surface area contributed by atoms with E-state index in [4.69, 9.17) is 14.2 Å². The molecular formula is C59H104NO7+. The number of unbranched alkanes of at least 4 members (excludes halogenated alkanes) is 23. The maximum Gasteiger partial charge on any atom is 0.362 e. The van der Waals surface area contributed by atoms with Gasteiger partial charge in [-0.1, -0.05) is 222 Å². The first-order chi connectivity index (χ1) is 32.6. The first kappa shape index (κ1) is 63.8. The molecule has 0 rings (SSSR count). The minimum absolute atomic E-state index is 0.0494. The van der Waals surface area contributed by atoms with Crippen molar-refractivity contribution in [2.24, 2.45) is 0 Å². The van der Waals surface area contributed by atoms with Gasteiger partial charge < -0.3 is 23.8 Å². The van der Waals surface area contributed by atoms with Crippen LogP contribution in [0.15, 0.2) is 72.9 Å². The van der Waals surface area contributed by atoms with Gasteiger partial charge in [0.25, 0.3) is 0 Å². The number of likely N-dealkylation sites (N-methyl/N-ethyl adjacent to an activating group) is 1. The second-order valence-corrected chi connectivity index (χ2v) is 19.5. The fourth-order valence-corrected chi connectivity index (χ4v) is 7.92. The van der Waals surface area contributed by atoms with Crippen molar-refractivity contribution in [2.75, 3.05) is 41.0 Å². The Morgan fingerprint density at radius 3 is 1.24 bits per heavy atom. The predicted molar refractivity (Wildman–Crippen MR) is 284 cm³/mol. The molecule has 2 atom stereocenters. The van der Waals surface area contributed by atoms with Crippen molar-refractivity contribution in [1.82, 2.24) is 0 Å². The zero-order chi connectivity index (χ0) is 49.2. The first-order valence-corrected chi connectivity index (χ1v) is 27.5. The molecule has 0 aromatic carbocycles. The Morgan fingerprint density at radius 1 is 0.463 bits per heavy atom. The second-order valence-electron chi connectivity index (χ2n) is 19.5. The van der Waals surface area contributed by atoms with Crippen LogP contribution >= 0.6 is 0 Å². The highest BCUT2D eigenvalue weighted by Gasteiger charge is 2.31. The monoisotopic (exact) mass is 939 g/mol. The Labute approximate surface area is 412 Å². The minimum atomic E-state index is -0.879. The van der Waals surface area contributed by atoms with Crippen LogP contribution in [0.3, 0.4) is 0 Å². The number of carbonyl (C=O) groups is 3. The first-order valence-electron chi connectivity index (χ1n) is 27.5. The van der Waals surface area contributed by atoms with Crippen LogP contribution in [0, 0.1) is 0 Å². The fraction of sp³-hybridized carbons (Fsp3) is 0.746. The summed E-state index contributed by atoms with van der Waals surface area (Å²) in [6.45, 7) is 4.62. The lowest BCUT2D eigenvalue weighted by molar-refractivity contribution is -0.887. The normalized spacial score (nSPS) is 13.4. The molecule has 0 saturated carbocycles. The van der Waals surface area contributed by atoms with E-state index in [1.165, 1.54) is 109 Å². The van der Waals surface area contributed by atoms with Crippen LogP contribution in [-0.4, -0.2) is 80.6 Å². The highest BCUT2D eigenvalue weighted by atomic mass is 16.6. The summed E-state index contributed by atoms with van der Waals surface area (Å²) in [4.78, 5) is 37.2. The summed E-state index contributed by atoms with van der Waals surface area (Å²) in [6.07, 6.45) is 63.9. The molecule has 0 fully saturated rings. The maximum absolute atomic E-state index is 12.8. The molecule has 0 aromatic heterocycles. The summed E-state index contributed by atoms with van der Waals surface area (Å²) in [5.41, 5.74) is 0. The summed E-state index contributed by atoms with van der Waals surface area (Å²) >= 11 is 0. The Morgan fingerprint density at radius 2 is 0.836 bits per heavy atom. The Balaban J connectivity index is 4.26. The van der Waals surface area contributed by atoms with Gasteiger partial charge in [0, 0.05) is 19.3 Å². The number of hydrogen-bond donors (Lipinski definition) is 1. The third-order valence-corrected chi connectivity index (χ3v) is 12.1. The quantitative estimate of drug-likeness (QED) is 0.0281.